The highest BCUT2D eigenvalue weighted by Gasteiger charge is 2.27. The summed E-state index contributed by atoms with van der Waals surface area (Å²) in [5.41, 5.74) is 2.30. The Morgan fingerprint density at radius 2 is 1.71 bits per heavy atom. The number of hydrogen-bond acceptors (Lipinski definition) is 5. The van der Waals surface area contributed by atoms with Gasteiger partial charge in [-0.25, -0.2) is 4.98 Å². The van der Waals surface area contributed by atoms with E-state index in [0.717, 1.165) is 5.69 Å². The number of aromatic hydroxyl groups is 1. The van der Waals surface area contributed by atoms with Crippen molar-refractivity contribution >= 4 is 21.7 Å². The highest BCUT2D eigenvalue weighted by molar-refractivity contribution is 7.90. The van der Waals surface area contributed by atoms with Crippen LogP contribution in [-0.4, -0.2) is 49.0 Å². The SMILES string of the molecule is Cc1ccc(N2CCN(S(=O)(=O)Nc3ccc(O)cn3)CC2)cc1. The second-order valence-electron chi connectivity index (χ2n) is 5.73. The Balaban J connectivity index is 1.62. The molecule has 24 heavy (non-hydrogen) atoms. The Kier molecular flexibility index (Phi) is 4.59. The number of nitrogens with one attached hydrogen (secondary N) is 1. The van der Waals surface area contributed by atoms with Gasteiger partial charge in [0.1, 0.15) is 11.6 Å². The lowest BCUT2D eigenvalue weighted by atomic mass is 10.2. The Labute approximate surface area is 141 Å². The van der Waals surface area contributed by atoms with Gasteiger partial charge in [0.25, 0.3) is 0 Å². The zero-order valence-corrected chi connectivity index (χ0v) is 14.2. The van der Waals surface area contributed by atoms with Gasteiger partial charge in [0.05, 0.1) is 6.20 Å². The van der Waals surface area contributed by atoms with Crippen LogP contribution in [0.1, 0.15) is 5.56 Å². The summed E-state index contributed by atoms with van der Waals surface area (Å²) in [6.07, 6.45) is 1.20. The van der Waals surface area contributed by atoms with Crippen LogP contribution < -0.4 is 9.62 Å². The minimum atomic E-state index is -3.65. The lowest BCUT2D eigenvalue weighted by Gasteiger charge is -2.35. The smallest absolute Gasteiger partial charge is 0.302 e. The molecule has 3 rings (SSSR count). The predicted octanol–water partition coefficient (Wildman–Crippen LogP) is 1.57. The van der Waals surface area contributed by atoms with Crippen LogP contribution in [0.2, 0.25) is 0 Å². The molecular formula is C16H20N4O3S. The number of hydrogen-bond donors (Lipinski definition) is 2. The summed E-state index contributed by atoms with van der Waals surface area (Å²) in [6, 6.07) is 11.0. The van der Waals surface area contributed by atoms with Crippen LogP contribution in [0.25, 0.3) is 0 Å². The fourth-order valence-electron chi connectivity index (χ4n) is 2.59. The predicted molar refractivity (Wildman–Crippen MR) is 93.4 cm³/mol. The largest absolute Gasteiger partial charge is 0.506 e. The summed E-state index contributed by atoms with van der Waals surface area (Å²) in [5.74, 6) is 0.179. The molecule has 7 nitrogen and oxygen atoms in total. The van der Waals surface area contributed by atoms with E-state index in [-0.39, 0.29) is 11.6 Å². The standard InChI is InChI=1S/C16H20N4O3S/c1-13-2-4-14(5-3-13)19-8-10-20(11-9-19)24(22,23)18-16-7-6-15(21)12-17-16/h2-7,12,21H,8-11H2,1H3,(H,17,18). The van der Waals surface area contributed by atoms with E-state index in [2.05, 4.69) is 38.9 Å². The van der Waals surface area contributed by atoms with Crippen molar-refractivity contribution in [3.05, 3.63) is 48.2 Å². The van der Waals surface area contributed by atoms with E-state index in [9.17, 15) is 13.5 Å². The molecule has 0 radical (unpaired) electrons. The molecule has 0 atom stereocenters. The number of aromatic nitrogens is 1. The van der Waals surface area contributed by atoms with Crippen molar-refractivity contribution in [3.8, 4) is 5.75 Å². The molecular weight excluding hydrogens is 328 g/mol. The lowest BCUT2D eigenvalue weighted by Crippen LogP contribution is -2.50. The van der Waals surface area contributed by atoms with Crippen LogP contribution >= 0.6 is 0 Å². The van der Waals surface area contributed by atoms with Gasteiger partial charge < -0.3 is 10.0 Å². The molecule has 8 heteroatoms. The van der Waals surface area contributed by atoms with Crippen molar-refractivity contribution in [1.29, 1.82) is 0 Å². The van der Waals surface area contributed by atoms with E-state index in [1.54, 1.807) is 0 Å². The average Bonchev–Trinajstić information content (AvgIpc) is 2.58. The third-order valence-corrected chi connectivity index (χ3v) is 5.47. The van der Waals surface area contributed by atoms with Crippen molar-refractivity contribution in [2.75, 3.05) is 35.8 Å². The molecule has 128 valence electrons. The second-order valence-corrected chi connectivity index (χ2v) is 7.40. The summed E-state index contributed by atoms with van der Waals surface area (Å²) in [6.45, 7) is 4.11. The molecule has 1 aliphatic heterocycles. The summed E-state index contributed by atoms with van der Waals surface area (Å²) in [7, 11) is -3.65. The average molecular weight is 348 g/mol. The zero-order valence-electron chi connectivity index (χ0n) is 13.4. The molecule has 0 bridgehead atoms. The van der Waals surface area contributed by atoms with Crippen molar-refractivity contribution in [3.63, 3.8) is 0 Å². The summed E-state index contributed by atoms with van der Waals surface area (Å²) < 4.78 is 28.7. The molecule has 2 heterocycles. The lowest BCUT2D eigenvalue weighted by molar-refractivity contribution is 0.387. The molecule has 0 amide bonds. The first-order valence-electron chi connectivity index (χ1n) is 7.68. The van der Waals surface area contributed by atoms with Crippen LogP contribution in [0.3, 0.4) is 0 Å². The molecule has 0 unspecified atom stereocenters. The van der Waals surface area contributed by atoms with E-state index < -0.39 is 10.2 Å². The van der Waals surface area contributed by atoms with Gasteiger partial charge in [-0.15, -0.1) is 0 Å². The van der Waals surface area contributed by atoms with E-state index in [0.29, 0.717) is 26.2 Å². The molecule has 1 aromatic carbocycles. The van der Waals surface area contributed by atoms with E-state index in [1.165, 1.54) is 28.2 Å². The quantitative estimate of drug-likeness (QED) is 0.876. The minimum Gasteiger partial charge on any atom is -0.506 e. The van der Waals surface area contributed by atoms with Gasteiger partial charge in [-0.05, 0) is 31.2 Å². The number of aryl methyl sites for hydroxylation is 1. The fraction of sp³-hybridized carbons (Fsp3) is 0.312. The van der Waals surface area contributed by atoms with Gasteiger partial charge in [0.2, 0.25) is 0 Å². The van der Waals surface area contributed by atoms with E-state index >= 15 is 0 Å². The molecule has 0 aliphatic carbocycles. The number of benzene rings is 1. The first kappa shape index (κ1) is 16.5. The number of rotatable bonds is 4. The summed E-state index contributed by atoms with van der Waals surface area (Å²) >= 11 is 0. The number of nitrogens with zero attached hydrogens (tertiary/aromatic N) is 3. The van der Waals surface area contributed by atoms with Gasteiger partial charge in [-0.3, -0.25) is 4.72 Å². The third kappa shape index (κ3) is 3.77. The molecule has 1 saturated heterocycles. The van der Waals surface area contributed by atoms with Gasteiger partial charge in [0.15, 0.2) is 0 Å². The van der Waals surface area contributed by atoms with Crippen molar-refractivity contribution in [2.24, 2.45) is 0 Å². The van der Waals surface area contributed by atoms with E-state index in [4.69, 9.17) is 0 Å². The summed E-state index contributed by atoms with van der Waals surface area (Å²) in [5, 5.41) is 9.20. The summed E-state index contributed by atoms with van der Waals surface area (Å²) in [4.78, 5) is 6.02. The zero-order chi connectivity index (χ0) is 17.2. The molecule has 0 saturated carbocycles. The molecule has 1 fully saturated rings. The van der Waals surface area contributed by atoms with Crippen molar-refractivity contribution in [1.82, 2.24) is 9.29 Å². The highest BCUT2D eigenvalue weighted by Crippen LogP contribution is 2.19. The monoisotopic (exact) mass is 348 g/mol. The van der Waals surface area contributed by atoms with Gasteiger partial charge in [-0.2, -0.15) is 12.7 Å². The van der Waals surface area contributed by atoms with E-state index in [1.807, 2.05) is 6.92 Å². The van der Waals surface area contributed by atoms with Gasteiger partial charge >= 0.3 is 10.2 Å². The van der Waals surface area contributed by atoms with Crippen LogP contribution in [0.5, 0.6) is 5.75 Å². The maximum absolute atomic E-state index is 12.4. The second kappa shape index (κ2) is 6.66. The van der Waals surface area contributed by atoms with Crippen LogP contribution in [0.4, 0.5) is 11.5 Å². The first-order valence-corrected chi connectivity index (χ1v) is 9.12. The Morgan fingerprint density at radius 3 is 2.29 bits per heavy atom. The van der Waals surface area contributed by atoms with Gasteiger partial charge in [-0.1, -0.05) is 17.7 Å². The molecule has 2 aromatic rings. The van der Waals surface area contributed by atoms with Gasteiger partial charge in [0, 0.05) is 31.9 Å². The molecule has 1 aliphatic rings. The molecule has 2 N–H and O–H groups in total. The maximum atomic E-state index is 12.4. The number of piperazine rings is 1. The normalized spacial score (nSPS) is 16.1. The topological polar surface area (TPSA) is 85.8 Å². The molecule has 0 spiro atoms. The molecule has 1 aromatic heterocycles. The van der Waals surface area contributed by atoms with Crippen molar-refractivity contribution < 1.29 is 13.5 Å². The Hall–Kier alpha value is -2.32. The number of pyridine rings is 1. The van der Waals surface area contributed by atoms with Crippen LogP contribution in [-0.2, 0) is 10.2 Å². The number of anilines is 2. The third-order valence-electron chi connectivity index (χ3n) is 3.96. The Bertz CT molecular complexity index is 783. The minimum absolute atomic E-state index is 0.00957. The highest BCUT2D eigenvalue weighted by atomic mass is 32.2. The maximum Gasteiger partial charge on any atom is 0.302 e. The Morgan fingerprint density at radius 1 is 1.04 bits per heavy atom. The first-order chi connectivity index (χ1) is 11.4. The van der Waals surface area contributed by atoms with Crippen LogP contribution in [0, 0.1) is 6.92 Å². The fourth-order valence-corrected chi connectivity index (χ4v) is 3.74. The van der Waals surface area contributed by atoms with Crippen LogP contribution in [0.15, 0.2) is 42.6 Å². The van der Waals surface area contributed by atoms with Crippen molar-refractivity contribution in [2.45, 2.75) is 6.92 Å².